The zero-order chi connectivity index (χ0) is 22.8. The third-order valence-corrected chi connectivity index (χ3v) is 6.87. The highest BCUT2D eigenvalue weighted by Gasteiger charge is 2.27. The van der Waals surface area contributed by atoms with E-state index in [2.05, 4.69) is 39.9 Å². The Morgan fingerprint density at radius 2 is 1.70 bits per heavy atom. The van der Waals surface area contributed by atoms with Gasteiger partial charge in [0.15, 0.2) is 35.7 Å². The van der Waals surface area contributed by atoms with Crippen molar-refractivity contribution < 1.29 is 23.5 Å². The lowest BCUT2D eigenvalue weighted by Crippen LogP contribution is -2.40. The predicted molar refractivity (Wildman–Crippen MR) is 129 cm³/mol. The molecule has 0 bridgehead atoms. The van der Waals surface area contributed by atoms with Gasteiger partial charge in [0.25, 0.3) is 0 Å². The summed E-state index contributed by atoms with van der Waals surface area (Å²) >= 11 is 0. The van der Waals surface area contributed by atoms with Crippen LogP contribution in [0.15, 0.2) is 36.5 Å². The van der Waals surface area contributed by atoms with Crippen LogP contribution in [-0.2, 0) is 13.0 Å². The zero-order valence-electron chi connectivity index (χ0n) is 19.9. The molecule has 0 amide bonds. The number of rotatable bonds is 8. The normalized spacial score (nSPS) is 15.2. The topological polar surface area (TPSA) is 44.0 Å². The average Bonchev–Trinajstić information content (AvgIpc) is 3.37. The monoisotopic (exact) mass is 449 g/mol. The fourth-order valence-electron chi connectivity index (χ4n) is 5.13. The number of ether oxygens (including phenoxy) is 4. The second-order valence-corrected chi connectivity index (χ2v) is 8.82. The van der Waals surface area contributed by atoms with E-state index in [-0.39, 0.29) is 0 Å². The highest BCUT2D eigenvalue weighted by molar-refractivity contribution is 5.91. The van der Waals surface area contributed by atoms with Crippen LogP contribution < -0.4 is 23.5 Å². The number of hydrogen-bond donors (Lipinski definition) is 0. The summed E-state index contributed by atoms with van der Waals surface area (Å²) in [7, 11) is 5.09. The molecule has 2 aliphatic rings. The van der Waals surface area contributed by atoms with Crippen molar-refractivity contribution >= 4 is 10.8 Å². The van der Waals surface area contributed by atoms with Crippen molar-refractivity contribution in [3.63, 3.8) is 0 Å². The Morgan fingerprint density at radius 1 is 0.909 bits per heavy atom. The van der Waals surface area contributed by atoms with E-state index in [1.54, 1.807) is 21.3 Å². The van der Waals surface area contributed by atoms with Gasteiger partial charge in [-0.15, -0.1) is 0 Å². The van der Waals surface area contributed by atoms with Gasteiger partial charge in [0.2, 0.25) is 5.69 Å². The van der Waals surface area contributed by atoms with Crippen molar-refractivity contribution in [1.82, 2.24) is 4.90 Å². The molecule has 0 aliphatic carbocycles. The number of pyridine rings is 1. The highest BCUT2D eigenvalue weighted by Crippen LogP contribution is 2.40. The Labute approximate surface area is 195 Å². The summed E-state index contributed by atoms with van der Waals surface area (Å²) in [5, 5.41) is 2.20. The standard InChI is InChI=1S/C27H33N2O4/c1-30-25-16-20-9-13-29-18-22-19(15-23(29)21(20)17-26(25)31-2)7-8-24(27(22)32-3)33-14-6-12-28-10-4-5-11-28/h7-8,15-18H,4-6,9-14H2,1-3H3/q+1. The quantitative estimate of drug-likeness (QED) is 0.380. The fourth-order valence-corrected chi connectivity index (χ4v) is 5.13. The van der Waals surface area contributed by atoms with Gasteiger partial charge in [0.1, 0.15) is 0 Å². The lowest BCUT2D eigenvalue weighted by Gasteiger charge is -2.19. The van der Waals surface area contributed by atoms with Gasteiger partial charge in [-0.3, -0.25) is 0 Å². The fraction of sp³-hybridized carbons (Fsp3) is 0.444. The maximum Gasteiger partial charge on any atom is 0.213 e. The predicted octanol–water partition coefficient (Wildman–Crippen LogP) is 4.24. The van der Waals surface area contributed by atoms with Gasteiger partial charge < -0.3 is 23.8 Å². The van der Waals surface area contributed by atoms with Crippen molar-refractivity contribution in [2.75, 3.05) is 47.6 Å². The van der Waals surface area contributed by atoms with E-state index in [0.717, 1.165) is 59.7 Å². The second-order valence-electron chi connectivity index (χ2n) is 8.82. The first-order valence-electron chi connectivity index (χ1n) is 11.9. The summed E-state index contributed by atoms with van der Waals surface area (Å²) in [4.78, 5) is 2.52. The molecule has 0 unspecified atom stereocenters. The minimum atomic E-state index is 0.700. The second kappa shape index (κ2) is 9.48. The lowest BCUT2D eigenvalue weighted by molar-refractivity contribution is -0.686. The summed E-state index contributed by atoms with van der Waals surface area (Å²) in [5.41, 5.74) is 3.63. The van der Waals surface area contributed by atoms with E-state index in [9.17, 15) is 0 Å². The number of methoxy groups -OCH3 is 3. The maximum absolute atomic E-state index is 6.16. The van der Waals surface area contributed by atoms with Crippen LogP contribution in [0.1, 0.15) is 24.8 Å². The van der Waals surface area contributed by atoms with E-state index in [4.69, 9.17) is 18.9 Å². The number of aryl methyl sites for hydroxylation is 2. The molecule has 3 heterocycles. The van der Waals surface area contributed by atoms with E-state index >= 15 is 0 Å². The molecule has 0 N–H and O–H groups in total. The molecule has 6 heteroatoms. The number of nitrogens with zero attached hydrogens (tertiary/aromatic N) is 2. The van der Waals surface area contributed by atoms with Gasteiger partial charge in [-0.05, 0) is 67.6 Å². The molecule has 3 aromatic rings. The van der Waals surface area contributed by atoms with Gasteiger partial charge in [-0.2, -0.15) is 4.57 Å². The Morgan fingerprint density at radius 3 is 2.45 bits per heavy atom. The van der Waals surface area contributed by atoms with Crippen LogP contribution in [0.2, 0.25) is 0 Å². The SMILES string of the molecule is COc1cc2c(cc1OC)-c1cc3ccc(OCCCN4CCCC4)c(OC)c3c[n+]1CC2. The van der Waals surface area contributed by atoms with Gasteiger partial charge in [-0.25, -0.2) is 0 Å². The third kappa shape index (κ3) is 4.20. The largest absolute Gasteiger partial charge is 0.493 e. The van der Waals surface area contributed by atoms with Crippen LogP contribution in [0.4, 0.5) is 0 Å². The molecular weight excluding hydrogens is 416 g/mol. The minimum Gasteiger partial charge on any atom is -0.493 e. The Bertz CT molecular complexity index is 1150. The molecule has 2 aromatic carbocycles. The molecule has 1 saturated heterocycles. The van der Waals surface area contributed by atoms with Crippen molar-refractivity contribution in [3.8, 4) is 34.3 Å². The summed E-state index contributed by atoms with van der Waals surface area (Å²) in [6.07, 6.45) is 6.81. The first kappa shape index (κ1) is 21.8. The van der Waals surface area contributed by atoms with Crippen LogP contribution >= 0.6 is 0 Å². The van der Waals surface area contributed by atoms with Gasteiger partial charge in [-0.1, -0.05) is 0 Å². The molecule has 1 aromatic heterocycles. The first-order chi connectivity index (χ1) is 16.2. The lowest BCUT2D eigenvalue weighted by atomic mass is 9.95. The van der Waals surface area contributed by atoms with Crippen molar-refractivity contribution in [2.24, 2.45) is 0 Å². The van der Waals surface area contributed by atoms with E-state index in [0.29, 0.717) is 6.61 Å². The average molecular weight is 450 g/mol. The number of likely N-dealkylation sites (tertiary alicyclic amines) is 1. The molecule has 0 saturated carbocycles. The van der Waals surface area contributed by atoms with Crippen LogP contribution in [0.3, 0.4) is 0 Å². The molecular formula is C27H33N2O4+. The summed E-state index contributed by atoms with van der Waals surface area (Å²) in [6.45, 7) is 5.16. The minimum absolute atomic E-state index is 0.700. The zero-order valence-corrected chi connectivity index (χ0v) is 19.9. The van der Waals surface area contributed by atoms with Crippen LogP contribution in [0.5, 0.6) is 23.0 Å². The molecule has 33 heavy (non-hydrogen) atoms. The number of benzene rings is 2. The molecule has 0 atom stereocenters. The van der Waals surface area contributed by atoms with Crippen molar-refractivity contribution in [2.45, 2.75) is 32.2 Å². The van der Waals surface area contributed by atoms with Crippen LogP contribution in [0.25, 0.3) is 22.0 Å². The molecule has 5 rings (SSSR count). The molecule has 1 fully saturated rings. The van der Waals surface area contributed by atoms with Crippen molar-refractivity contribution in [1.29, 1.82) is 0 Å². The molecule has 174 valence electrons. The van der Waals surface area contributed by atoms with Crippen LogP contribution in [0, 0.1) is 0 Å². The number of aromatic nitrogens is 1. The van der Waals surface area contributed by atoms with E-state index < -0.39 is 0 Å². The maximum atomic E-state index is 6.16. The third-order valence-electron chi connectivity index (χ3n) is 6.87. The van der Waals surface area contributed by atoms with Gasteiger partial charge in [0.05, 0.1) is 38.9 Å². The summed E-state index contributed by atoms with van der Waals surface area (Å²) in [5.74, 6) is 3.15. The molecule has 6 nitrogen and oxygen atoms in total. The Kier molecular flexibility index (Phi) is 6.27. The highest BCUT2D eigenvalue weighted by atomic mass is 16.5. The molecule has 0 spiro atoms. The Hall–Kier alpha value is -2.99. The Balaban J connectivity index is 1.44. The van der Waals surface area contributed by atoms with Crippen LogP contribution in [-0.4, -0.2) is 52.5 Å². The number of hydrogen-bond acceptors (Lipinski definition) is 5. The smallest absolute Gasteiger partial charge is 0.213 e. The van der Waals surface area contributed by atoms with E-state index in [1.807, 2.05) is 6.07 Å². The molecule has 2 aliphatic heterocycles. The first-order valence-corrected chi connectivity index (χ1v) is 11.9. The summed E-state index contributed by atoms with van der Waals surface area (Å²) in [6, 6.07) is 10.6. The molecule has 0 radical (unpaired) electrons. The number of fused-ring (bicyclic) bond motifs is 4. The van der Waals surface area contributed by atoms with Gasteiger partial charge in [0, 0.05) is 19.0 Å². The van der Waals surface area contributed by atoms with E-state index in [1.165, 1.54) is 42.8 Å². The summed E-state index contributed by atoms with van der Waals surface area (Å²) < 4.78 is 25.4. The van der Waals surface area contributed by atoms with Gasteiger partial charge >= 0.3 is 0 Å². The van der Waals surface area contributed by atoms with Crippen molar-refractivity contribution in [3.05, 3.63) is 42.1 Å².